The molecule has 2 rings (SSSR count). The molecule has 20 heavy (non-hydrogen) atoms. The van der Waals surface area contributed by atoms with Crippen molar-refractivity contribution in [2.45, 2.75) is 19.3 Å². The van der Waals surface area contributed by atoms with E-state index in [1.807, 2.05) is 0 Å². The highest BCUT2D eigenvalue weighted by molar-refractivity contribution is 5.98. The van der Waals surface area contributed by atoms with Gasteiger partial charge in [0.05, 0.1) is 5.41 Å². The summed E-state index contributed by atoms with van der Waals surface area (Å²) in [5.41, 5.74) is 0.410. The standard InChI is InChI=1S/C16H15F2NO/c1-16(2,11-3-5-12(17)6-4-11)15(20)19-14-9-7-13(18)8-10-14/h3-10H,1-2H3,(H,19,20). The van der Waals surface area contributed by atoms with Crippen molar-refractivity contribution in [3.05, 3.63) is 65.7 Å². The van der Waals surface area contributed by atoms with Crippen LogP contribution in [0.5, 0.6) is 0 Å². The molecule has 4 heteroatoms. The van der Waals surface area contributed by atoms with Crippen LogP contribution in [0.15, 0.2) is 48.5 Å². The van der Waals surface area contributed by atoms with E-state index in [2.05, 4.69) is 5.32 Å². The molecule has 0 atom stereocenters. The number of rotatable bonds is 3. The van der Waals surface area contributed by atoms with Crippen LogP contribution in [-0.4, -0.2) is 5.91 Å². The van der Waals surface area contributed by atoms with E-state index in [-0.39, 0.29) is 17.5 Å². The lowest BCUT2D eigenvalue weighted by atomic mass is 9.83. The second-order valence-electron chi connectivity index (χ2n) is 5.09. The summed E-state index contributed by atoms with van der Waals surface area (Å²) < 4.78 is 25.7. The Balaban J connectivity index is 2.18. The predicted molar refractivity (Wildman–Crippen MR) is 74.5 cm³/mol. The maximum atomic E-state index is 12.9. The highest BCUT2D eigenvalue weighted by atomic mass is 19.1. The van der Waals surface area contributed by atoms with Gasteiger partial charge in [0.25, 0.3) is 0 Å². The molecule has 0 aromatic heterocycles. The Morgan fingerprint density at radius 2 is 1.35 bits per heavy atom. The molecule has 104 valence electrons. The van der Waals surface area contributed by atoms with Crippen molar-refractivity contribution in [1.82, 2.24) is 0 Å². The Morgan fingerprint density at radius 1 is 0.900 bits per heavy atom. The molecule has 2 aromatic carbocycles. The Bertz CT molecular complexity index is 603. The smallest absolute Gasteiger partial charge is 0.234 e. The maximum absolute atomic E-state index is 12.9. The molecule has 0 saturated carbocycles. The summed E-state index contributed by atoms with van der Waals surface area (Å²) in [7, 11) is 0. The fourth-order valence-electron chi connectivity index (χ4n) is 1.82. The number of hydrogen-bond donors (Lipinski definition) is 1. The summed E-state index contributed by atoms with van der Waals surface area (Å²) >= 11 is 0. The summed E-state index contributed by atoms with van der Waals surface area (Å²) in [5, 5.41) is 2.72. The van der Waals surface area contributed by atoms with Crippen molar-refractivity contribution in [3.8, 4) is 0 Å². The Labute approximate surface area is 116 Å². The second-order valence-corrected chi connectivity index (χ2v) is 5.09. The van der Waals surface area contributed by atoms with E-state index in [9.17, 15) is 13.6 Å². The van der Waals surface area contributed by atoms with Crippen LogP contribution < -0.4 is 5.32 Å². The van der Waals surface area contributed by atoms with Gasteiger partial charge >= 0.3 is 0 Å². The molecule has 1 N–H and O–H groups in total. The first-order valence-corrected chi connectivity index (χ1v) is 6.22. The van der Waals surface area contributed by atoms with Gasteiger partial charge in [-0.15, -0.1) is 0 Å². The largest absolute Gasteiger partial charge is 0.325 e. The average Bonchev–Trinajstić information content (AvgIpc) is 2.42. The van der Waals surface area contributed by atoms with Gasteiger partial charge in [0.2, 0.25) is 5.91 Å². The molecule has 0 bridgehead atoms. The predicted octanol–water partition coefficient (Wildman–Crippen LogP) is 3.88. The molecule has 2 aromatic rings. The third-order valence-electron chi connectivity index (χ3n) is 3.24. The number of hydrogen-bond acceptors (Lipinski definition) is 1. The molecular weight excluding hydrogens is 260 g/mol. The Morgan fingerprint density at radius 3 is 1.85 bits per heavy atom. The molecule has 0 heterocycles. The third kappa shape index (κ3) is 3.02. The van der Waals surface area contributed by atoms with Crippen LogP contribution in [0.4, 0.5) is 14.5 Å². The van der Waals surface area contributed by atoms with E-state index in [0.29, 0.717) is 11.3 Å². The molecular formula is C16H15F2NO. The van der Waals surface area contributed by atoms with Gasteiger partial charge < -0.3 is 5.32 Å². The molecule has 1 amide bonds. The van der Waals surface area contributed by atoms with E-state index >= 15 is 0 Å². The van der Waals surface area contributed by atoms with Crippen molar-refractivity contribution >= 4 is 11.6 Å². The molecule has 0 fully saturated rings. The third-order valence-corrected chi connectivity index (χ3v) is 3.24. The summed E-state index contributed by atoms with van der Waals surface area (Å²) in [4.78, 5) is 12.3. The molecule has 0 aliphatic carbocycles. The monoisotopic (exact) mass is 275 g/mol. The number of benzene rings is 2. The maximum Gasteiger partial charge on any atom is 0.234 e. The second kappa shape index (κ2) is 5.41. The van der Waals surface area contributed by atoms with Gasteiger partial charge in [-0.25, -0.2) is 8.78 Å². The highest BCUT2D eigenvalue weighted by Gasteiger charge is 2.29. The van der Waals surface area contributed by atoms with E-state index in [0.717, 1.165) is 0 Å². The molecule has 0 radical (unpaired) electrons. The lowest BCUT2D eigenvalue weighted by molar-refractivity contribution is -0.120. The molecule has 0 aliphatic rings. The number of nitrogens with one attached hydrogen (secondary N) is 1. The van der Waals surface area contributed by atoms with Crippen molar-refractivity contribution in [2.24, 2.45) is 0 Å². The Kier molecular flexibility index (Phi) is 3.84. The van der Waals surface area contributed by atoms with Crippen LogP contribution in [0, 0.1) is 11.6 Å². The van der Waals surface area contributed by atoms with Crippen LogP contribution in [0.1, 0.15) is 19.4 Å². The number of anilines is 1. The van der Waals surface area contributed by atoms with Crippen molar-refractivity contribution in [3.63, 3.8) is 0 Å². The fraction of sp³-hybridized carbons (Fsp3) is 0.188. The van der Waals surface area contributed by atoms with Gasteiger partial charge in [0.15, 0.2) is 0 Å². The minimum Gasteiger partial charge on any atom is -0.325 e. The zero-order chi connectivity index (χ0) is 14.8. The number of carbonyl (C=O) groups is 1. The SMILES string of the molecule is CC(C)(C(=O)Nc1ccc(F)cc1)c1ccc(F)cc1. The van der Waals surface area contributed by atoms with Gasteiger partial charge in [0, 0.05) is 5.69 Å². The quantitative estimate of drug-likeness (QED) is 0.905. The molecule has 2 nitrogen and oxygen atoms in total. The van der Waals surface area contributed by atoms with E-state index in [1.165, 1.54) is 36.4 Å². The first kappa shape index (κ1) is 14.2. The summed E-state index contributed by atoms with van der Waals surface area (Å²) in [6.07, 6.45) is 0. The normalized spacial score (nSPS) is 11.2. The minimum atomic E-state index is -0.817. The van der Waals surface area contributed by atoms with E-state index < -0.39 is 5.41 Å². The summed E-state index contributed by atoms with van der Waals surface area (Å²) in [6.45, 7) is 3.50. The zero-order valence-electron chi connectivity index (χ0n) is 11.3. The van der Waals surface area contributed by atoms with Gasteiger partial charge in [-0.1, -0.05) is 12.1 Å². The molecule has 0 saturated heterocycles. The lowest BCUT2D eigenvalue weighted by Gasteiger charge is -2.24. The van der Waals surface area contributed by atoms with Crippen LogP contribution in [-0.2, 0) is 10.2 Å². The first-order chi connectivity index (χ1) is 9.39. The number of carbonyl (C=O) groups excluding carboxylic acids is 1. The lowest BCUT2D eigenvalue weighted by Crippen LogP contribution is -2.34. The van der Waals surface area contributed by atoms with Crippen LogP contribution in [0.2, 0.25) is 0 Å². The van der Waals surface area contributed by atoms with Gasteiger partial charge in [-0.3, -0.25) is 4.79 Å². The summed E-state index contributed by atoms with van der Waals surface area (Å²) in [5.74, 6) is -0.944. The summed E-state index contributed by atoms with van der Waals surface area (Å²) in [6, 6.07) is 11.4. The van der Waals surface area contributed by atoms with Gasteiger partial charge in [-0.05, 0) is 55.8 Å². The Hall–Kier alpha value is -2.23. The fourth-order valence-corrected chi connectivity index (χ4v) is 1.82. The van der Waals surface area contributed by atoms with Crippen molar-refractivity contribution < 1.29 is 13.6 Å². The van der Waals surface area contributed by atoms with Crippen molar-refractivity contribution in [2.75, 3.05) is 5.32 Å². The van der Waals surface area contributed by atoms with E-state index in [4.69, 9.17) is 0 Å². The van der Waals surface area contributed by atoms with Crippen molar-refractivity contribution in [1.29, 1.82) is 0 Å². The van der Waals surface area contributed by atoms with Crippen LogP contribution in [0.3, 0.4) is 0 Å². The highest BCUT2D eigenvalue weighted by Crippen LogP contribution is 2.25. The first-order valence-electron chi connectivity index (χ1n) is 6.22. The topological polar surface area (TPSA) is 29.1 Å². The average molecular weight is 275 g/mol. The minimum absolute atomic E-state index is 0.240. The van der Waals surface area contributed by atoms with E-state index in [1.54, 1.807) is 26.0 Å². The van der Waals surface area contributed by atoms with Crippen LogP contribution in [0.25, 0.3) is 0 Å². The molecule has 0 spiro atoms. The van der Waals surface area contributed by atoms with Gasteiger partial charge in [-0.2, -0.15) is 0 Å². The van der Waals surface area contributed by atoms with Crippen LogP contribution >= 0.6 is 0 Å². The zero-order valence-corrected chi connectivity index (χ0v) is 11.3. The van der Waals surface area contributed by atoms with Gasteiger partial charge in [0.1, 0.15) is 11.6 Å². The number of amides is 1. The number of halogens is 2. The molecule has 0 unspecified atom stereocenters. The molecule has 0 aliphatic heterocycles.